The molecule has 0 atom stereocenters. The predicted octanol–water partition coefficient (Wildman–Crippen LogP) is 3.85. The fourth-order valence-electron chi connectivity index (χ4n) is 6.51. The third-order valence-electron chi connectivity index (χ3n) is 7.50. The molecule has 0 saturated heterocycles. The molecule has 0 radical (unpaired) electrons. The monoisotopic (exact) mass is 379 g/mol. The quantitative estimate of drug-likeness (QED) is 0.880. The number of carbonyl (C=O) groups excluding carboxylic acids is 1. The van der Waals surface area contributed by atoms with Gasteiger partial charge in [0, 0.05) is 18.2 Å². The lowest BCUT2D eigenvalue weighted by atomic mass is 9.52. The number of benzene rings is 1. The topological polar surface area (TPSA) is 67.5 Å². The lowest BCUT2D eigenvalue weighted by Gasteiger charge is -2.59. The van der Waals surface area contributed by atoms with E-state index in [9.17, 15) is 4.79 Å². The second-order valence-corrected chi connectivity index (χ2v) is 9.24. The highest BCUT2D eigenvalue weighted by Gasteiger charge is 2.53. The van der Waals surface area contributed by atoms with Gasteiger partial charge in [0.05, 0.1) is 5.69 Å². The van der Waals surface area contributed by atoms with E-state index in [1.165, 1.54) is 38.5 Å². The molecule has 28 heavy (non-hydrogen) atoms. The smallest absolute Gasteiger partial charge is 0.272 e. The third-order valence-corrected chi connectivity index (χ3v) is 7.50. The van der Waals surface area contributed by atoms with Gasteiger partial charge in [0.1, 0.15) is 5.69 Å². The molecule has 1 N–H and O–H groups in total. The van der Waals surface area contributed by atoms with E-state index in [-0.39, 0.29) is 18.2 Å². The van der Waals surface area contributed by atoms with Crippen LogP contribution in [0.5, 0.6) is 11.5 Å². The molecule has 4 fully saturated rings. The molecule has 0 unspecified atom stereocenters. The Hall–Kier alpha value is -2.50. The highest BCUT2D eigenvalue weighted by molar-refractivity contribution is 5.93. The summed E-state index contributed by atoms with van der Waals surface area (Å²) in [5.41, 5.74) is 2.28. The molecule has 7 rings (SSSR count). The first-order valence-electron chi connectivity index (χ1n) is 10.3. The predicted molar refractivity (Wildman–Crippen MR) is 103 cm³/mol. The van der Waals surface area contributed by atoms with Crippen molar-refractivity contribution in [1.29, 1.82) is 0 Å². The van der Waals surface area contributed by atoms with Crippen molar-refractivity contribution < 1.29 is 14.3 Å². The van der Waals surface area contributed by atoms with Crippen LogP contribution < -0.4 is 9.47 Å². The normalized spacial score (nSPS) is 32.0. The maximum Gasteiger partial charge on any atom is 0.272 e. The third kappa shape index (κ3) is 2.39. The Bertz CT molecular complexity index is 915. The molecule has 0 spiro atoms. The summed E-state index contributed by atoms with van der Waals surface area (Å²) in [5, 5.41) is 7.36. The Balaban J connectivity index is 1.26. The van der Waals surface area contributed by atoms with Crippen molar-refractivity contribution in [3.05, 3.63) is 30.0 Å². The molecule has 6 heteroatoms. The summed E-state index contributed by atoms with van der Waals surface area (Å²) in [5.74, 6) is 3.96. The molecule has 1 amide bonds. The first kappa shape index (κ1) is 16.5. The molecule has 2 heterocycles. The van der Waals surface area contributed by atoms with E-state index in [0.717, 1.165) is 40.5 Å². The fourth-order valence-corrected chi connectivity index (χ4v) is 6.51. The van der Waals surface area contributed by atoms with E-state index in [0.29, 0.717) is 5.69 Å². The lowest BCUT2D eigenvalue weighted by molar-refractivity contribution is -0.0667. The zero-order valence-electron chi connectivity index (χ0n) is 16.1. The van der Waals surface area contributed by atoms with E-state index in [1.807, 2.05) is 36.2 Å². The number of hydrogen-bond acceptors (Lipinski definition) is 4. The van der Waals surface area contributed by atoms with Crippen molar-refractivity contribution >= 4 is 5.91 Å². The van der Waals surface area contributed by atoms with Crippen LogP contribution in [-0.2, 0) is 0 Å². The minimum atomic E-state index is 0.0514. The number of aromatic nitrogens is 2. The summed E-state index contributed by atoms with van der Waals surface area (Å²) in [6.07, 6.45) is 7.64. The van der Waals surface area contributed by atoms with Gasteiger partial charge in [0.15, 0.2) is 11.5 Å². The number of rotatable bonds is 3. The summed E-state index contributed by atoms with van der Waals surface area (Å²) in [4.78, 5) is 15.3. The number of H-pyrrole nitrogens is 1. The van der Waals surface area contributed by atoms with Crippen molar-refractivity contribution in [3.8, 4) is 22.8 Å². The van der Waals surface area contributed by atoms with E-state index in [2.05, 4.69) is 10.2 Å². The zero-order chi connectivity index (χ0) is 18.9. The number of aromatic amines is 1. The first-order valence-corrected chi connectivity index (χ1v) is 10.3. The average molecular weight is 379 g/mol. The molecule has 146 valence electrons. The largest absolute Gasteiger partial charge is 0.454 e. The molecular formula is C22H25N3O3. The lowest BCUT2D eigenvalue weighted by Crippen LogP contribution is -2.60. The Kier molecular flexibility index (Phi) is 3.38. The van der Waals surface area contributed by atoms with Crippen LogP contribution >= 0.6 is 0 Å². The van der Waals surface area contributed by atoms with E-state index < -0.39 is 0 Å². The molecule has 4 saturated carbocycles. The molecule has 1 aliphatic heterocycles. The summed E-state index contributed by atoms with van der Waals surface area (Å²) in [6, 6.07) is 7.60. The van der Waals surface area contributed by atoms with Crippen molar-refractivity contribution in [2.24, 2.45) is 17.8 Å². The summed E-state index contributed by atoms with van der Waals surface area (Å²) in [7, 11) is 2.00. The maximum absolute atomic E-state index is 13.3. The van der Waals surface area contributed by atoms with Crippen LogP contribution in [0.25, 0.3) is 11.3 Å². The van der Waals surface area contributed by atoms with Gasteiger partial charge >= 0.3 is 0 Å². The van der Waals surface area contributed by atoms with Crippen LogP contribution in [0.1, 0.15) is 49.0 Å². The first-order chi connectivity index (χ1) is 13.6. The molecule has 4 aliphatic carbocycles. The molecule has 4 bridgehead atoms. The Morgan fingerprint density at radius 2 is 1.75 bits per heavy atom. The Labute approximate surface area is 164 Å². The number of nitrogens with one attached hydrogen (secondary N) is 1. The van der Waals surface area contributed by atoms with E-state index >= 15 is 0 Å². The van der Waals surface area contributed by atoms with Gasteiger partial charge in [-0.25, -0.2) is 0 Å². The van der Waals surface area contributed by atoms with Gasteiger partial charge in [0.25, 0.3) is 5.91 Å². The molecule has 2 aromatic rings. The highest BCUT2D eigenvalue weighted by atomic mass is 16.7. The second-order valence-electron chi connectivity index (χ2n) is 9.24. The SMILES string of the molecule is CN(C(=O)c1cc(-c2ccc3c(c2)OCO3)n[nH]1)C12CC3CC(CC(C3)C1)C2. The van der Waals surface area contributed by atoms with Crippen molar-refractivity contribution in [2.75, 3.05) is 13.8 Å². The number of amides is 1. The number of fused-ring (bicyclic) bond motifs is 1. The second kappa shape index (κ2) is 5.75. The minimum absolute atomic E-state index is 0.0514. The van der Waals surface area contributed by atoms with Crippen molar-refractivity contribution in [3.63, 3.8) is 0 Å². The Morgan fingerprint density at radius 3 is 2.46 bits per heavy atom. The van der Waals surface area contributed by atoms with Gasteiger partial charge in [-0.15, -0.1) is 0 Å². The fraction of sp³-hybridized carbons (Fsp3) is 0.545. The molecule has 1 aromatic carbocycles. The van der Waals surface area contributed by atoms with Crippen molar-refractivity contribution in [1.82, 2.24) is 15.1 Å². The number of carbonyl (C=O) groups is 1. The standard InChI is InChI=1S/C22H25N3O3/c1-25(22-9-13-4-14(10-22)6-15(5-13)11-22)21(26)18-8-17(23-24-18)16-2-3-19-20(7-16)28-12-27-19/h2-3,7-8,13-15H,4-6,9-12H2,1H3,(H,23,24). The van der Waals surface area contributed by atoms with Gasteiger partial charge in [-0.2, -0.15) is 5.10 Å². The minimum Gasteiger partial charge on any atom is -0.454 e. The van der Waals surface area contributed by atoms with Crippen LogP contribution in [0.3, 0.4) is 0 Å². The number of hydrogen-bond donors (Lipinski definition) is 1. The van der Waals surface area contributed by atoms with E-state index in [1.54, 1.807) is 0 Å². The average Bonchev–Trinajstić information content (AvgIpc) is 3.34. The van der Waals surface area contributed by atoms with Gasteiger partial charge in [-0.3, -0.25) is 9.89 Å². The van der Waals surface area contributed by atoms with Crippen LogP contribution in [-0.4, -0.2) is 40.4 Å². The van der Waals surface area contributed by atoms with Crippen LogP contribution in [0.2, 0.25) is 0 Å². The zero-order valence-corrected chi connectivity index (χ0v) is 16.1. The number of nitrogens with zero attached hydrogens (tertiary/aromatic N) is 2. The van der Waals surface area contributed by atoms with Crippen LogP contribution in [0.15, 0.2) is 24.3 Å². The number of ether oxygens (including phenoxy) is 2. The summed E-state index contributed by atoms with van der Waals surface area (Å²) >= 11 is 0. The molecular weight excluding hydrogens is 354 g/mol. The van der Waals surface area contributed by atoms with Gasteiger partial charge < -0.3 is 14.4 Å². The summed E-state index contributed by atoms with van der Waals surface area (Å²) in [6.45, 7) is 0.249. The van der Waals surface area contributed by atoms with Crippen molar-refractivity contribution in [2.45, 2.75) is 44.1 Å². The van der Waals surface area contributed by atoms with E-state index in [4.69, 9.17) is 9.47 Å². The van der Waals surface area contributed by atoms with Crippen LogP contribution in [0, 0.1) is 17.8 Å². The van der Waals surface area contributed by atoms with Crippen LogP contribution in [0.4, 0.5) is 0 Å². The van der Waals surface area contributed by atoms with Gasteiger partial charge in [-0.05, 0) is 80.5 Å². The molecule has 1 aromatic heterocycles. The highest BCUT2D eigenvalue weighted by Crippen LogP contribution is 2.57. The van der Waals surface area contributed by atoms with Gasteiger partial charge in [-0.1, -0.05) is 0 Å². The maximum atomic E-state index is 13.3. The molecule has 5 aliphatic rings. The Morgan fingerprint density at radius 1 is 1.07 bits per heavy atom. The molecule has 6 nitrogen and oxygen atoms in total. The summed E-state index contributed by atoms with van der Waals surface area (Å²) < 4.78 is 10.8. The van der Waals surface area contributed by atoms with Gasteiger partial charge in [0.2, 0.25) is 6.79 Å².